The van der Waals surface area contributed by atoms with E-state index in [1.165, 1.54) is 0 Å². The topological polar surface area (TPSA) is 87.3 Å². The molecule has 2 amide bonds. The van der Waals surface area contributed by atoms with Gasteiger partial charge in [0.15, 0.2) is 10.7 Å². The second-order valence-electron chi connectivity index (χ2n) is 7.76. The van der Waals surface area contributed by atoms with Crippen molar-refractivity contribution in [1.29, 1.82) is 0 Å². The number of nitrogens with zero attached hydrogens (tertiary/aromatic N) is 2. The maximum atomic E-state index is 14.3. The minimum Gasteiger partial charge on any atom is -0.478 e. The van der Waals surface area contributed by atoms with Crippen LogP contribution in [0.3, 0.4) is 0 Å². The summed E-state index contributed by atoms with van der Waals surface area (Å²) in [6.07, 6.45) is 1.50. The lowest BCUT2D eigenvalue weighted by atomic mass is 10.1. The van der Waals surface area contributed by atoms with Crippen LogP contribution in [-0.2, 0) is 16.0 Å². The number of fused-ring (bicyclic) bond motifs is 1. The lowest BCUT2D eigenvalue weighted by molar-refractivity contribution is -0.128. The lowest BCUT2D eigenvalue weighted by Crippen LogP contribution is -2.42. The molecule has 0 bridgehead atoms. The smallest absolute Gasteiger partial charge is 0.269 e. The number of ether oxygens (including phenoxy) is 1. The number of hydrogen-bond acceptors (Lipinski definition) is 5. The second kappa shape index (κ2) is 8.99. The number of amides is 2. The van der Waals surface area contributed by atoms with Gasteiger partial charge in [0.05, 0.1) is 17.8 Å². The van der Waals surface area contributed by atoms with Gasteiger partial charge in [-0.25, -0.2) is 9.37 Å². The molecule has 0 saturated heterocycles. The number of aromatic amines is 1. The third-order valence-electron chi connectivity index (χ3n) is 4.82. The van der Waals surface area contributed by atoms with E-state index < -0.39 is 23.2 Å². The van der Waals surface area contributed by atoms with Crippen molar-refractivity contribution < 1.29 is 23.2 Å². The molecule has 0 atom stereocenters. The highest BCUT2D eigenvalue weighted by atomic mass is 32.1. The second-order valence-corrected chi connectivity index (χ2v) is 8.62. The molecule has 0 aliphatic carbocycles. The number of thiazole rings is 1. The van der Waals surface area contributed by atoms with Gasteiger partial charge >= 0.3 is 0 Å². The molecule has 0 aliphatic heterocycles. The summed E-state index contributed by atoms with van der Waals surface area (Å²) in [5.74, 6) is -1.29. The zero-order chi connectivity index (χ0) is 23.6. The van der Waals surface area contributed by atoms with E-state index in [0.29, 0.717) is 11.4 Å². The van der Waals surface area contributed by atoms with Crippen LogP contribution >= 0.6 is 11.3 Å². The summed E-state index contributed by atoms with van der Waals surface area (Å²) in [4.78, 5) is 32.2. The van der Waals surface area contributed by atoms with Crippen molar-refractivity contribution in [1.82, 2.24) is 9.97 Å². The van der Waals surface area contributed by atoms with Gasteiger partial charge in [-0.2, -0.15) is 0 Å². The van der Waals surface area contributed by atoms with Crippen molar-refractivity contribution in [3.63, 3.8) is 0 Å². The standard InChI is InChI=1S/C23H20F2N4O3S/c1-23(2,32-18-7-8-19-14(11-18)9-10-26-19)21(31)28-22-27-16(13-33-22)12-20(30)29(25)17-5-3-15(24)4-6-17/h3-11,13,26H,12H2,1-2H3,(H,27,28,31). The van der Waals surface area contributed by atoms with Crippen LogP contribution in [0.2, 0.25) is 0 Å². The molecule has 33 heavy (non-hydrogen) atoms. The van der Waals surface area contributed by atoms with E-state index in [0.717, 1.165) is 46.5 Å². The molecule has 2 N–H and O–H groups in total. The lowest BCUT2D eigenvalue weighted by Gasteiger charge is -2.24. The molecule has 10 heteroatoms. The van der Waals surface area contributed by atoms with Gasteiger partial charge in [0.2, 0.25) is 0 Å². The zero-order valence-electron chi connectivity index (χ0n) is 17.8. The first-order valence-corrected chi connectivity index (χ1v) is 10.9. The molecule has 0 radical (unpaired) electrons. The van der Waals surface area contributed by atoms with Crippen LogP contribution in [0.5, 0.6) is 5.75 Å². The molecule has 0 aliphatic rings. The first kappa shape index (κ1) is 22.4. The van der Waals surface area contributed by atoms with Gasteiger partial charge in [0, 0.05) is 22.5 Å². The van der Waals surface area contributed by atoms with Gasteiger partial charge in [-0.3, -0.25) is 14.9 Å². The minimum atomic E-state index is -1.20. The number of hydrogen-bond donors (Lipinski definition) is 2. The summed E-state index contributed by atoms with van der Waals surface area (Å²) in [5, 5.41) is 5.38. The van der Waals surface area contributed by atoms with E-state index >= 15 is 0 Å². The molecule has 4 rings (SSSR count). The van der Waals surface area contributed by atoms with E-state index in [1.807, 2.05) is 24.4 Å². The van der Waals surface area contributed by atoms with Gasteiger partial charge in [0.25, 0.3) is 11.8 Å². The molecule has 7 nitrogen and oxygen atoms in total. The largest absolute Gasteiger partial charge is 0.478 e. The third kappa shape index (κ3) is 5.17. The monoisotopic (exact) mass is 470 g/mol. The number of H-pyrrole nitrogens is 1. The van der Waals surface area contributed by atoms with E-state index in [-0.39, 0.29) is 22.4 Å². The quantitative estimate of drug-likeness (QED) is 0.371. The van der Waals surface area contributed by atoms with E-state index in [2.05, 4.69) is 15.3 Å². The number of benzene rings is 2. The number of anilines is 2. The third-order valence-corrected chi connectivity index (χ3v) is 5.63. The van der Waals surface area contributed by atoms with E-state index in [1.54, 1.807) is 25.3 Å². The van der Waals surface area contributed by atoms with Crippen molar-refractivity contribution >= 4 is 44.9 Å². The Hall–Kier alpha value is -3.79. The van der Waals surface area contributed by atoms with Crippen molar-refractivity contribution in [2.45, 2.75) is 25.9 Å². The number of carbonyl (C=O) groups is 2. The van der Waals surface area contributed by atoms with Crippen molar-refractivity contribution in [3.05, 3.63) is 71.6 Å². The number of carbonyl (C=O) groups excluding carboxylic acids is 2. The highest BCUT2D eigenvalue weighted by Crippen LogP contribution is 2.25. The molecule has 0 saturated carbocycles. The fourth-order valence-corrected chi connectivity index (χ4v) is 3.77. The summed E-state index contributed by atoms with van der Waals surface area (Å²) in [7, 11) is 0. The minimum absolute atomic E-state index is 0.0602. The Bertz CT molecular complexity index is 1300. The normalized spacial score (nSPS) is 11.4. The van der Waals surface area contributed by atoms with Crippen molar-refractivity contribution in [3.8, 4) is 5.75 Å². The molecule has 4 aromatic rings. The summed E-state index contributed by atoms with van der Waals surface area (Å²) in [6.45, 7) is 3.26. The first-order chi connectivity index (χ1) is 15.7. The van der Waals surface area contributed by atoms with Crippen molar-refractivity contribution in [2.75, 3.05) is 10.4 Å². The summed E-state index contributed by atoms with van der Waals surface area (Å²) in [5.41, 5.74) is -0.0337. The fourth-order valence-electron chi connectivity index (χ4n) is 3.07. The Morgan fingerprint density at radius 1 is 1.18 bits per heavy atom. The highest BCUT2D eigenvalue weighted by molar-refractivity contribution is 7.14. The maximum Gasteiger partial charge on any atom is 0.269 e. The highest BCUT2D eigenvalue weighted by Gasteiger charge is 2.31. The summed E-state index contributed by atoms with van der Waals surface area (Å²) >= 11 is 1.11. The molecule has 0 fully saturated rings. The van der Waals surface area contributed by atoms with Crippen LogP contribution in [0.1, 0.15) is 19.5 Å². The summed E-state index contributed by atoms with van der Waals surface area (Å²) < 4.78 is 33.1. The number of rotatable bonds is 7. The number of halogens is 2. The van der Waals surface area contributed by atoms with E-state index in [9.17, 15) is 18.5 Å². The first-order valence-electron chi connectivity index (χ1n) is 9.97. The van der Waals surface area contributed by atoms with Crippen LogP contribution in [0.15, 0.2) is 60.1 Å². The van der Waals surface area contributed by atoms with Crippen LogP contribution in [-0.4, -0.2) is 27.4 Å². The van der Waals surface area contributed by atoms with Crippen molar-refractivity contribution in [2.24, 2.45) is 0 Å². The average molecular weight is 471 g/mol. The Labute approximate surface area is 191 Å². The molecular weight excluding hydrogens is 450 g/mol. The van der Waals surface area contributed by atoms with Gasteiger partial charge in [-0.05, 0) is 62.4 Å². The fraction of sp³-hybridized carbons (Fsp3) is 0.174. The van der Waals surface area contributed by atoms with Gasteiger partial charge in [0.1, 0.15) is 11.6 Å². The van der Waals surface area contributed by atoms with E-state index in [4.69, 9.17) is 4.74 Å². The number of nitrogens with one attached hydrogen (secondary N) is 2. The van der Waals surface area contributed by atoms with Gasteiger partial charge < -0.3 is 9.72 Å². The molecular formula is C23H20F2N4O3S. The van der Waals surface area contributed by atoms with Crippen LogP contribution in [0, 0.1) is 5.82 Å². The Kier molecular flexibility index (Phi) is 6.10. The molecule has 0 unspecified atom stereocenters. The van der Waals surface area contributed by atoms with Crippen LogP contribution in [0.4, 0.5) is 19.7 Å². The predicted molar refractivity (Wildman–Crippen MR) is 122 cm³/mol. The average Bonchev–Trinajstić information content (AvgIpc) is 3.42. The molecule has 170 valence electrons. The molecule has 2 aromatic carbocycles. The molecule has 2 heterocycles. The van der Waals surface area contributed by atoms with Gasteiger partial charge in [-0.15, -0.1) is 16.5 Å². The SMILES string of the molecule is CC(C)(Oc1ccc2[nH]ccc2c1)C(=O)Nc1nc(CC(=O)N(F)c2ccc(F)cc2)cs1. The Morgan fingerprint density at radius 3 is 2.70 bits per heavy atom. The molecule has 0 spiro atoms. The van der Waals surface area contributed by atoms with Crippen LogP contribution in [0.25, 0.3) is 10.9 Å². The number of aromatic nitrogens is 2. The predicted octanol–water partition coefficient (Wildman–Crippen LogP) is 5.02. The maximum absolute atomic E-state index is 14.3. The van der Waals surface area contributed by atoms with Gasteiger partial charge in [-0.1, -0.05) is 4.48 Å². The Morgan fingerprint density at radius 2 is 1.94 bits per heavy atom. The Balaban J connectivity index is 1.37. The molecule has 2 aromatic heterocycles. The summed E-state index contributed by atoms with van der Waals surface area (Å²) in [6, 6.07) is 11.8. The zero-order valence-corrected chi connectivity index (χ0v) is 18.6. The van der Waals surface area contributed by atoms with Crippen LogP contribution < -0.4 is 15.2 Å².